The van der Waals surface area contributed by atoms with Gasteiger partial charge in [-0.2, -0.15) is 0 Å². The number of hydrogen-bond acceptors (Lipinski definition) is 6. The Hall–Kier alpha value is -3.27. The molecule has 0 aliphatic heterocycles. The zero-order valence-corrected chi connectivity index (χ0v) is 22.2. The molecule has 3 amide bonds. The van der Waals surface area contributed by atoms with E-state index >= 15 is 0 Å². The van der Waals surface area contributed by atoms with E-state index in [2.05, 4.69) is 31.4 Å². The van der Waals surface area contributed by atoms with Gasteiger partial charge in [0.25, 0.3) is 0 Å². The standard InChI is InChI=1S/C28H42N6O3/c1-28(2,3)21-10-7-11-22(18-21)32-27(37)24(13-12-20-8-5-4-6-9-20)33-26(36)23(31)19-25(35)34(16-14-29)17-15-30/h4-11,18,23-24H,12-17,19,29-31H2,1-3H3,(H,32,37)(H,33,36)/t23-,24-/m0/s1. The van der Waals surface area contributed by atoms with Crippen molar-refractivity contribution in [1.82, 2.24) is 10.2 Å². The van der Waals surface area contributed by atoms with Gasteiger partial charge in [0.1, 0.15) is 6.04 Å². The van der Waals surface area contributed by atoms with Gasteiger partial charge in [-0.3, -0.25) is 14.4 Å². The van der Waals surface area contributed by atoms with Crippen LogP contribution >= 0.6 is 0 Å². The topological polar surface area (TPSA) is 157 Å². The molecule has 2 atom stereocenters. The Balaban J connectivity index is 2.13. The molecular weight excluding hydrogens is 468 g/mol. The second kappa shape index (κ2) is 14.5. The highest BCUT2D eigenvalue weighted by molar-refractivity contribution is 5.98. The molecule has 2 aromatic rings. The number of amides is 3. The summed E-state index contributed by atoms with van der Waals surface area (Å²) in [7, 11) is 0. The van der Waals surface area contributed by atoms with Crippen molar-refractivity contribution < 1.29 is 14.4 Å². The summed E-state index contributed by atoms with van der Waals surface area (Å²) in [6.45, 7) is 7.53. The second-order valence-electron chi connectivity index (χ2n) is 10.2. The second-order valence-corrected chi connectivity index (χ2v) is 10.2. The number of benzene rings is 2. The third-order valence-corrected chi connectivity index (χ3v) is 6.08. The Morgan fingerprint density at radius 1 is 0.919 bits per heavy atom. The number of hydrogen-bond donors (Lipinski definition) is 5. The van der Waals surface area contributed by atoms with E-state index in [-0.39, 0.29) is 36.7 Å². The minimum atomic E-state index is -1.11. The highest BCUT2D eigenvalue weighted by Gasteiger charge is 2.27. The van der Waals surface area contributed by atoms with Gasteiger partial charge in [-0.15, -0.1) is 0 Å². The molecule has 0 bridgehead atoms. The molecule has 2 rings (SSSR count). The number of aryl methyl sites for hydroxylation is 1. The van der Waals surface area contributed by atoms with Gasteiger partial charge in [0.2, 0.25) is 17.7 Å². The van der Waals surface area contributed by atoms with Crippen molar-refractivity contribution in [2.75, 3.05) is 31.5 Å². The quantitative estimate of drug-likeness (QED) is 0.275. The first-order valence-electron chi connectivity index (χ1n) is 12.7. The van der Waals surface area contributed by atoms with Gasteiger partial charge in [0.15, 0.2) is 0 Å². The maximum Gasteiger partial charge on any atom is 0.246 e. The van der Waals surface area contributed by atoms with Crippen molar-refractivity contribution in [2.24, 2.45) is 17.2 Å². The Labute approximate surface area is 220 Å². The van der Waals surface area contributed by atoms with Gasteiger partial charge < -0.3 is 32.7 Å². The van der Waals surface area contributed by atoms with Crippen molar-refractivity contribution in [2.45, 2.75) is 57.5 Å². The van der Waals surface area contributed by atoms with Crippen LogP contribution in [0.2, 0.25) is 0 Å². The third kappa shape index (κ3) is 9.95. The Morgan fingerprint density at radius 2 is 1.57 bits per heavy atom. The molecule has 0 fully saturated rings. The molecule has 9 nitrogen and oxygen atoms in total. The van der Waals surface area contributed by atoms with E-state index < -0.39 is 18.0 Å². The Morgan fingerprint density at radius 3 is 2.16 bits per heavy atom. The molecule has 0 radical (unpaired) electrons. The number of nitrogens with one attached hydrogen (secondary N) is 2. The number of carbonyl (C=O) groups is 3. The summed E-state index contributed by atoms with van der Waals surface area (Å²) >= 11 is 0. The lowest BCUT2D eigenvalue weighted by molar-refractivity contribution is -0.134. The van der Waals surface area contributed by atoms with E-state index in [0.29, 0.717) is 31.6 Å². The molecule has 0 aromatic heterocycles. The van der Waals surface area contributed by atoms with Crippen molar-refractivity contribution in [3.8, 4) is 0 Å². The monoisotopic (exact) mass is 510 g/mol. The molecule has 0 saturated carbocycles. The van der Waals surface area contributed by atoms with Crippen molar-refractivity contribution in [1.29, 1.82) is 0 Å². The van der Waals surface area contributed by atoms with Gasteiger partial charge >= 0.3 is 0 Å². The van der Waals surface area contributed by atoms with E-state index in [4.69, 9.17) is 17.2 Å². The Bertz CT molecular complexity index is 1020. The summed E-state index contributed by atoms with van der Waals surface area (Å²) in [5.41, 5.74) is 19.9. The van der Waals surface area contributed by atoms with Crippen LogP contribution in [0.15, 0.2) is 54.6 Å². The summed E-state index contributed by atoms with van der Waals surface area (Å²) in [6, 6.07) is 15.4. The maximum absolute atomic E-state index is 13.3. The molecular formula is C28H42N6O3. The molecule has 9 heteroatoms. The van der Waals surface area contributed by atoms with Crippen LogP contribution in [-0.4, -0.2) is 60.9 Å². The van der Waals surface area contributed by atoms with E-state index in [1.165, 1.54) is 4.90 Å². The lowest BCUT2D eigenvalue weighted by Crippen LogP contribution is -2.52. The van der Waals surface area contributed by atoms with Crippen molar-refractivity contribution in [3.63, 3.8) is 0 Å². The van der Waals surface area contributed by atoms with Gasteiger partial charge in [-0.05, 0) is 41.5 Å². The van der Waals surface area contributed by atoms with Gasteiger partial charge in [-0.25, -0.2) is 0 Å². The van der Waals surface area contributed by atoms with Crippen LogP contribution in [0.1, 0.15) is 44.7 Å². The molecule has 2 aromatic carbocycles. The van der Waals surface area contributed by atoms with Crippen LogP contribution in [0.5, 0.6) is 0 Å². The van der Waals surface area contributed by atoms with E-state index in [1.54, 1.807) is 0 Å². The highest BCUT2D eigenvalue weighted by atomic mass is 16.2. The summed E-state index contributed by atoms with van der Waals surface area (Å²) in [4.78, 5) is 40.3. The van der Waals surface area contributed by atoms with Crippen LogP contribution in [0.25, 0.3) is 0 Å². The molecule has 8 N–H and O–H groups in total. The first-order chi connectivity index (χ1) is 17.5. The molecule has 202 valence electrons. The van der Waals surface area contributed by atoms with E-state index in [9.17, 15) is 14.4 Å². The van der Waals surface area contributed by atoms with Crippen molar-refractivity contribution >= 4 is 23.4 Å². The predicted octanol–water partition coefficient (Wildman–Crippen LogP) is 1.50. The molecule has 0 unspecified atom stereocenters. The fourth-order valence-corrected chi connectivity index (χ4v) is 3.88. The van der Waals surface area contributed by atoms with E-state index in [1.807, 2.05) is 54.6 Å². The molecule has 0 heterocycles. The first kappa shape index (κ1) is 30.0. The number of anilines is 1. The van der Waals surface area contributed by atoms with Crippen LogP contribution in [0.4, 0.5) is 5.69 Å². The van der Waals surface area contributed by atoms with Gasteiger partial charge in [0, 0.05) is 31.9 Å². The average Bonchev–Trinajstić information content (AvgIpc) is 2.86. The minimum absolute atomic E-state index is 0.0807. The number of carbonyl (C=O) groups excluding carboxylic acids is 3. The predicted molar refractivity (Wildman–Crippen MR) is 148 cm³/mol. The largest absolute Gasteiger partial charge is 0.343 e. The fraction of sp³-hybridized carbons (Fsp3) is 0.464. The highest BCUT2D eigenvalue weighted by Crippen LogP contribution is 2.24. The molecule has 37 heavy (non-hydrogen) atoms. The van der Waals surface area contributed by atoms with Crippen LogP contribution < -0.4 is 27.8 Å². The smallest absolute Gasteiger partial charge is 0.246 e. The first-order valence-corrected chi connectivity index (χ1v) is 12.7. The molecule has 0 spiro atoms. The third-order valence-electron chi connectivity index (χ3n) is 6.08. The lowest BCUT2D eigenvalue weighted by atomic mass is 9.87. The van der Waals surface area contributed by atoms with Gasteiger partial charge in [0.05, 0.1) is 12.5 Å². The zero-order chi connectivity index (χ0) is 27.4. The maximum atomic E-state index is 13.3. The summed E-state index contributed by atoms with van der Waals surface area (Å²) < 4.78 is 0. The van der Waals surface area contributed by atoms with Crippen LogP contribution in [0, 0.1) is 0 Å². The summed E-state index contributed by atoms with van der Waals surface area (Å²) in [6.07, 6.45) is 0.746. The average molecular weight is 511 g/mol. The van der Waals surface area contributed by atoms with E-state index in [0.717, 1.165) is 11.1 Å². The fourth-order valence-electron chi connectivity index (χ4n) is 3.88. The Kier molecular flexibility index (Phi) is 11.7. The molecule has 0 aliphatic carbocycles. The van der Waals surface area contributed by atoms with Gasteiger partial charge in [-0.1, -0.05) is 63.2 Å². The van der Waals surface area contributed by atoms with Crippen molar-refractivity contribution in [3.05, 3.63) is 65.7 Å². The minimum Gasteiger partial charge on any atom is -0.343 e. The number of nitrogens with zero attached hydrogens (tertiary/aromatic N) is 1. The van der Waals surface area contributed by atoms with Crippen LogP contribution in [0.3, 0.4) is 0 Å². The normalized spacial score (nSPS) is 12.9. The number of rotatable bonds is 13. The summed E-state index contributed by atoms with van der Waals surface area (Å²) in [5, 5.41) is 5.69. The molecule has 0 saturated heterocycles. The summed E-state index contributed by atoms with van der Waals surface area (Å²) in [5.74, 6) is -1.21. The van der Waals surface area contributed by atoms with Crippen LogP contribution in [-0.2, 0) is 26.2 Å². The zero-order valence-electron chi connectivity index (χ0n) is 22.2. The lowest BCUT2D eigenvalue weighted by Gasteiger charge is -2.24. The molecule has 0 aliphatic rings. The SMILES string of the molecule is CC(C)(C)c1cccc(NC(=O)[C@H](CCc2ccccc2)NC(=O)[C@@H](N)CC(=O)N(CCN)CCN)c1. The number of nitrogens with two attached hydrogens (primary N) is 3.